The number of benzene rings is 1. The second-order valence-corrected chi connectivity index (χ2v) is 5.16. The van der Waals surface area contributed by atoms with Crippen molar-refractivity contribution >= 4 is 11.4 Å². The summed E-state index contributed by atoms with van der Waals surface area (Å²) in [6.45, 7) is 5.24. The Morgan fingerprint density at radius 3 is 2.89 bits per heavy atom. The molecule has 19 heavy (non-hydrogen) atoms. The standard InChI is InChI=1S/C14H21N3O2/c1-3-11-6-7-16(9-11)10-12-4-5-13(15-2)14(8-12)17(18)19/h4-5,8,11,15H,3,6-7,9-10H2,1-2H3. The monoisotopic (exact) mass is 263 g/mol. The van der Waals surface area contributed by atoms with Crippen LogP contribution in [-0.2, 0) is 6.54 Å². The first-order valence-electron chi connectivity index (χ1n) is 6.81. The molecule has 1 aliphatic rings. The molecule has 0 aliphatic carbocycles. The highest BCUT2D eigenvalue weighted by atomic mass is 16.6. The maximum Gasteiger partial charge on any atom is 0.292 e. The summed E-state index contributed by atoms with van der Waals surface area (Å²) in [7, 11) is 1.70. The van der Waals surface area contributed by atoms with Crippen LogP contribution in [0.2, 0.25) is 0 Å². The largest absolute Gasteiger partial charge is 0.383 e. The number of nitrogens with zero attached hydrogens (tertiary/aromatic N) is 2. The van der Waals surface area contributed by atoms with Crippen LogP contribution in [-0.4, -0.2) is 30.0 Å². The van der Waals surface area contributed by atoms with Gasteiger partial charge in [-0.3, -0.25) is 15.0 Å². The molecular weight excluding hydrogens is 242 g/mol. The number of nitro groups is 1. The zero-order chi connectivity index (χ0) is 13.8. The predicted octanol–water partition coefficient (Wildman–Crippen LogP) is 2.87. The van der Waals surface area contributed by atoms with Gasteiger partial charge in [0.1, 0.15) is 5.69 Å². The van der Waals surface area contributed by atoms with Crippen molar-refractivity contribution in [3.05, 3.63) is 33.9 Å². The Morgan fingerprint density at radius 2 is 2.32 bits per heavy atom. The summed E-state index contributed by atoms with van der Waals surface area (Å²) in [5.74, 6) is 0.784. The molecule has 0 amide bonds. The molecule has 1 heterocycles. The van der Waals surface area contributed by atoms with E-state index in [-0.39, 0.29) is 10.6 Å². The molecule has 104 valence electrons. The van der Waals surface area contributed by atoms with E-state index in [0.29, 0.717) is 5.69 Å². The molecule has 0 bridgehead atoms. The zero-order valence-electron chi connectivity index (χ0n) is 11.6. The summed E-state index contributed by atoms with van der Waals surface area (Å²) in [6.07, 6.45) is 2.46. The van der Waals surface area contributed by atoms with Gasteiger partial charge in [0.2, 0.25) is 0 Å². The smallest absolute Gasteiger partial charge is 0.292 e. The third-order valence-corrected chi connectivity index (χ3v) is 3.88. The van der Waals surface area contributed by atoms with Crippen LogP contribution in [0, 0.1) is 16.0 Å². The Kier molecular flexibility index (Phi) is 4.37. The number of anilines is 1. The van der Waals surface area contributed by atoms with Crippen LogP contribution >= 0.6 is 0 Å². The van der Waals surface area contributed by atoms with Gasteiger partial charge in [-0.2, -0.15) is 0 Å². The van der Waals surface area contributed by atoms with Crippen LogP contribution in [0.25, 0.3) is 0 Å². The Morgan fingerprint density at radius 1 is 1.53 bits per heavy atom. The molecule has 1 unspecified atom stereocenters. The average molecular weight is 263 g/mol. The van der Waals surface area contributed by atoms with E-state index in [2.05, 4.69) is 17.1 Å². The maximum atomic E-state index is 11.0. The number of nitrogens with one attached hydrogen (secondary N) is 1. The number of likely N-dealkylation sites (tertiary alicyclic amines) is 1. The van der Waals surface area contributed by atoms with Gasteiger partial charge in [0, 0.05) is 26.2 Å². The van der Waals surface area contributed by atoms with E-state index in [1.807, 2.05) is 6.07 Å². The Bertz CT molecular complexity index is 462. The van der Waals surface area contributed by atoms with E-state index in [1.54, 1.807) is 19.2 Å². The lowest BCUT2D eigenvalue weighted by molar-refractivity contribution is -0.384. The minimum absolute atomic E-state index is 0.159. The molecule has 1 fully saturated rings. The minimum Gasteiger partial charge on any atom is -0.383 e. The molecule has 0 spiro atoms. The number of hydrogen-bond acceptors (Lipinski definition) is 4. The topological polar surface area (TPSA) is 58.4 Å². The van der Waals surface area contributed by atoms with Crippen LogP contribution in [0.5, 0.6) is 0 Å². The normalized spacial score (nSPS) is 19.6. The number of nitro benzene ring substituents is 1. The summed E-state index contributed by atoms with van der Waals surface area (Å²) in [6, 6.07) is 5.45. The molecule has 0 radical (unpaired) electrons. The Hall–Kier alpha value is -1.62. The second kappa shape index (κ2) is 6.02. The molecule has 1 aliphatic heterocycles. The molecule has 1 N–H and O–H groups in total. The fourth-order valence-electron chi connectivity index (χ4n) is 2.69. The lowest BCUT2D eigenvalue weighted by atomic mass is 10.1. The van der Waals surface area contributed by atoms with Crippen LogP contribution in [0.1, 0.15) is 25.3 Å². The highest BCUT2D eigenvalue weighted by molar-refractivity contribution is 5.62. The van der Waals surface area contributed by atoms with Crippen LogP contribution in [0.4, 0.5) is 11.4 Å². The van der Waals surface area contributed by atoms with Crippen molar-refractivity contribution in [1.29, 1.82) is 0 Å². The summed E-state index contributed by atoms with van der Waals surface area (Å²) in [4.78, 5) is 13.1. The highest BCUT2D eigenvalue weighted by Gasteiger charge is 2.22. The van der Waals surface area contributed by atoms with Crippen LogP contribution < -0.4 is 5.32 Å². The van der Waals surface area contributed by atoms with E-state index in [9.17, 15) is 10.1 Å². The van der Waals surface area contributed by atoms with E-state index < -0.39 is 0 Å². The van der Waals surface area contributed by atoms with E-state index >= 15 is 0 Å². The number of rotatable bonds is 5. The van der Waals surface area contributed by atoms with Crippen molar-refractivity contribution in [3.63, 3.8) is 0 Å². The third-order valence-electron chi connectivity index (χ3n) is 3.88. The minimum atomic E-state index is -0.325. The Balaban J connectivity index is 2.09. The van der Waals surface area contributed by atoms with Gasteiger partial charge >= 0.3 is 0 Å². The summed E-state index contributed by atoms with van der Waals surface area (Å²) >= 11 is 0. The zero-order valence-corrected chi connectivity index (χ0v) is 11.6. The predicted molar refractivity (Wildman–Crippen MR) is 76.3 cm³/mol. The SMILES string of the molecule is CCC1CCN(Cc2ccc(NC)c([N+](=O)[O-])c2)C1. The Labute approximate surface area is 113 Å². The summed E-state index contributed by atoms with van der Waals surface area (Å²) in [5.41, 5.74) is 1.75. The second-order valence-electron chi connectivity index (χ2n) is 5.16. The lowest BCUT2D eigenvalue weighted by Gasteiger charge is -2.16. The molecule has 1 aromatic rings. The first-order valence-corrected chi connectivity index (χ1v) is 6.81. The summed E-state index contributed by atoms with van der Waals surface area (Å²) in [5, 5.41) is 13.9. The quantitative estimate of drug-likeness (QED) is 0.655. The molecule has 1 aromatic carbocycles. The van der Waals surface area contributed by atoms with E-state index in [1.165, 1.54) is 12.8 Å². The van der Waals surface area contributed by atoms with Gasteiger partial charge in [0.25, 0.3) is 5.69 Å². The van der Waals surface area contributed by atoms with Crippen molar-refractivity contribution in [1.82, 2.24) is 4.90 Å². The average Bonchev–Trinajstić information content (AvgIpc) is 2.86. The summed E-state index contributed by atoms with van der Waals surface area (Å²) < 4.78 is 0. The van der Waals surface area contributed by atoms with E-state index in [4.69, 9.17) is 0 Å². The van der Waals surface area contributed by atoms with Gasteiger partial charge in [-0.05, 0) is 30.5 Å². The van der Waals surface area contributed by atoms with Crippen molar-refractivity contribution in [2.75, 3.05) is 25.5 Å². The maximum absolute atomic E-state index is 11.0. The van der Waals surface area contributed by atoms with Crippen molar-refractivity contribution < 1.29 is 4.92 Å². The molecule has 5 nitrogen and oxygen atoms in total. The van der Waals surface area contributed by atoms with Crippen molar-refractivity contribution in [3.8, 4) is 0 Å². The van der Waals surface area contributed by atoms with Crippen LogP contribution in [0.15, 0.2) is 18.2 Å². The third kappa shape index (κ3) is 3.23. The highest BCUT2D eigenvalue weighted by Crippen LogP contribution is 2.27. The molecule has 1 saturated heterocycles. The molecular formula is C14H21N3O2. The van der Waals surface area contributed by atoms with Gasteiger partial charge in [0.05, 0.1) is 4.92 Å². The first kappa shape index (κ1) is 13.8. The van der Waals surface area contributed by atoms with Gasteiger partial charge in [0.15, 0.2) is 0 Å². The van der Waals surface area contributed by atoms with Gasteiger partial charge in [-0.25, -0.2) is 0 Å². The van der Waals surface area contributed by atoms with Crippen molar-refractivity contribution in [2.24, 2.45) is 5.92 Å². The fourth-order valence-corrected chi connectivity index (χ4v) is 2.69. The molecule has 0 aromatic heterocycles. The molecule has 0 saturated carbocycles. The fraction of sp³-hybridized carbons (Fsp3) is 0.571. The molecule has 5 heteroatoms. The first-order chi connectivity index (χ1) is 9.13. The van der Waals surface area contributed by atoms with Crippen molar-refractivity contribution in [2.45, 2.75) is 26.3 Å². The van der Waals surface area contributed by atoms with Gasteiger partial charge in [-0.1, -0.05) is 19.4 Å². The number of hydrogen-bond donors (Lipinski definition) is 1. The van der Waals surface area contributed by atoms with E-state index in [0.717, 1.165) is 31.1 Å². The van der Waals surface area contributed by atoms with Crippen LogP contribution in [0.3, 0.4) is 0 Å². The van der Waals surface area contributed by atoms with Gasteiger partial charge in [-0.15, -0.1) is 0 Å². The lowest BCUT2D eigenvalue weighted by Crippen LogP contribution is -2.20. The molecule has 2 rings (SSSR count). The molecule has 1 atom stereocenters. The van der Waals surface area contributed by atoms with Gasteiger partial charge < -0.3 is 5.32 Å².